The minimum atomic E-state index is -3.57. The number of aryl methyl sites for hydroxylation is 2. The Morgan fingerprint density at radius 3 is 2.26 bits per heavy atom. The molecule has 192 valence electrons. The van der Waals surface area contributed by atoms with Crippen LogP contribution in [0.5, 0.6) is 0 Å². The van der Waals surface area contributed by atoms with Gasteiger partial charge < -0.3 is 10.2 Å². The maximum atomic E-state index is 14.3. The lowest BCUT2D eigenvalue weighted by atomic mass is 10.1. The maximum Gasteiger partial charge on any atom is 0.242 e. The van der Waals surface area contributed by atoms with Crippen LogP contribution >= 0.6 is 0 Å². The Kier molecular flexibility index (Phi) is 9.82. The van der Waals surface area contributed by atoms with Crippen LogP contribution in [0.2, 0.25) is 0 Å². The number of hydrogen-bond donors (Lipinski definition) is 1. The fourth-order valence-corrected chi connectivity index (χ4v) is 4.64. The van der Waals surface area contributed by atoms with Gasteiger partial charge in [0.2, 0.25) is 21.8 Å². The number of hydrogen-bond acceptors (Lipinski definition) is 4. The van der Waals surface area contributed by atoms with Gasteiger partial charge in [-0.1, -0.05) is 24.3 Å². The second-order valence-corrected chi connectivity index (χ2v) is 11.1. The molecule has 0 fully saturated rings. The van der Waals surface area contributed by atoms with E-state index in [0.29, 0.717) is 11.3 Å². The number of halogens is 1. The number of amides is 2. The number of anilines is 1. The molecule has 0 aliphatic rings. The van der Waals surface area contributed by atoms with Crippen LogP contribution in [0.4, 0.5) is 10.1 Å². The predicted molar refractivity (Wildman–Crippen MR) is 137 cm³/mol. The second kappa shape index (κ2) is 12.2. The maximum absolute atomic E-state index is 14.3. The van der Waals surface area contributed by atoms with Crippen molar-refractivity contribution in [1.82, 2.24) is 10.2 Å². The Morgan fingerprint density at radius 1 is 1.03 bits per heavy atom. The third-order valence-electron chi connectivity index (χ3n) is 5.83. The van der Waals surface area contributed by atoms with Gasteiger partial charge in [-0.15, -0.1) is 0 Å². The van der Waals surface area contributed by atoms with E-state index in [0.717, 1.165) is 17.4 Å². The average molecular weight is 506 g/mol. The van der Waals surface area contributed by atoms with Gasteiger partial charge in [-0.25, -0.2) is 12.8 Å². The summed E-state index contributed by atoms with van der Waals surface area (Å²) in [6.07, 6.45) is 1.38. The highest BCUT2D eigenvalue weighted by molar-refractivity contribution is 7.92. The second-order valence-electron chi connectivity index (χ2n) is 9.16. The van der Waals surface area contributed by atoms with Crippen LogP contribution in [0.15, 0.2) is 42.5 Å². The largest absolute Gasteiger partial charge is 0.352 e. The van der Waals surface area contributed by atoms with Gasteiger partial charge in [-0.2, -0.15) is 0 Å². The van der Waals surface area contributed by atoms with E-state index in [1.807, 2.05) is 33.8 Å². The molecule has 0 unspecified atom stereocenters. The van der Waals surface area contributed by atoms with Crippen LogP contribution < -0.4 is 9.62 Å². The first-order chi connectivity index (χ1) is 16.3. The molecule has 0 saturated carbocycles. The molecule has 2 aromatic carbocycles. The first-order valence-electron chi connectivity index (χ1n) is 11.7. The van der Waals surface area contributed by atoms with Gasteiger partial charge in [-0.3, -0.25) is 13.9 Å². The Labute approximate surface area is 208 Å². The molecule has 0 heterocycles. The molecule has 0 saturated heterocycles. The smallest absolute Gasteiger partial charge is 0.242 e. The van der Waals surface area contributed by atoms with E-state index in [2.05, 4.69) is 5.32 Å². The molecule has 7 nitrogen and oxygen atoms in total. The Hall–Kier alpha value is -2.94. The highest BCUT2D eigenvalue weighted by Crippen LogP contribution is 2.22. The van der Waals surface area contributed by atoms with Crippen LogP contribution in [-0.2, 0) is 26.2 Å². The number of rotatable bonds is 11. The Balaban J connectivity index is 2.20. The van der Waals surface area contributed by atoms with E-state index in [1.165, 1.54) is 15.3 Å². The first kappa shape index (κ1) is 28.3. The minimum Gasteiger partial charge on any atom is -0.352 e. The Bertz CT molecular complexity index is 1150. The summed E-state index contributed by atoms with van der Waals surface area (Å²) in [5, 5.41) is 2.79. The molecule has 35 heavy (non-hydrogen) atoms. The molecule has 0 spiro atoms. The normalized spacial score (nSPS) is 12.3. The number of nitrogens with one attached hydrogen (secondary N) is 1. The fourth-order valence-electron chi connectivity index (χ4n) is 3.68. The molecule has 2 amide bonds. The molecule has 2 aromatic rings. The quantitative estimate of drug-likeness (QED) is 0.501. The summed E-state index contributed by atoms with van der Waals surface area (Å²) in [6.45, 7) is 9.14. The van der Waals surface area contributed by atoms with Crippen LogP contribution in [0.1, 0.15) is 50.3 Å². The summed E-state index contributed by atoms with van der Waals surface area (Å²) >= 11 is 0. The van der Waals surface area contributed by atoms with Gasteiger partial charge in [0.25, 0.3) is 0 Å². The van der Waals surface area contributed by atoms with Crippen molar-refractivity contribution in [3.63, 3.8) is 0 Å². The third kappa shape index (κ3) is 8.06. The lowest BCUT2D eigenvalue weighted by Gasteiger charge is -2.30. The number of carbonyl (C=O) groups is 2. The highest BCUT2D eigenvalue weighted by Gasteiger charge is 2.27. The van der Waals surface area contributed by atoms with Gasteiger partial charge >= 0.3 is 0 Å². The highest BCUT2D eigenvalue weighted by atomic mass is 32.2. The summed E-state index contributed by atoms with van der Waals surface area (Å²) in [6, 6.07) is 10.6. The van der Waals surface area contributed by atoms with Crippen molar-refractivity contribution < 1.29 is 22.4 Å². The van der Waals surface area contributed by atoms with Gasteiger partial charge in [0.1, 0.15) is 11.9 Å². The zero-order chi connectivity index (χ0) is 26.3. The van der Waals surface area contributed by atoms with E-state index in [1.54, 1.807) is 37.3 Å². The first-order valence-corrected chi connectivity index (χ1v) is 13.5. The minimum absolute atomic E-state index is 0.00458. The standard InChI is InChI=1S/C26H36FN3O4S/c1-18(2)28-26(32)21(5)29(17-22-10-7-8-11-24(22)27)25(31)12-9-15-30(35(6,33)34)23-14-13-19(3)20(4)16-23/h7-8,10-11,13-14,16,18,21H,9,12,15,17H2,1-6H3,(H,28,32)/t21-/m0/s1. The number of nitrogens with zero attached hydrogens (tertiary/aromatic N) is 2. The average Bonchev–Trinajstić information content (AvgIpc) is 2.76. The van der Waals surface area contributed by atoms with Gasteiger partial charge in [0, 0.05) is 31.1 Å². The molecule has 2 rings (SSSR count). The number of sulfonamides is 1. The van der Waals surface area contributed by atoms with E-state index in [9.17, 15) is 22.4 Å². The van der Waals surface area contributed by atoms with Crippen LogP contribution in [0, 0.1) is 19.7 Å². The summed E-state index contributed by atoms with van der Waals surface area (Å²) in [5.74, 6) is -1.15. The van der Waals surface area contributed by atoms with Crippen molar-refractivity contribution in [2.24, 2.45) is 0 Å². The lowest BCUT2D eigenvalue weighted by Crippen LogP contribution is -2.49. The lowest BCUT2D eigenvalue weighted by molar-refractivity contribution is -0.140. The van der Waals surface area contributed by atoms with E-state index >= 15 is 0 Å². The topological polar surface area (TPSA) is 86.8 Å². The van der Waals surface area contributed by atoms with Gasteiger partial charge in [0.05, 0.1) is 11.9 Å². The predicted octanol–water partition coefficient (Wildman–Crippen LogP) is 3.93. The summed E-state index contributed by atoms with van der Waals surface area (Å²) < 4.78 is 40.5. The number of benzene rings is 2. The SMILES string of the molecule is Cc1ccc(N(CCCC(=O)N(Cc2ccccc2F)[C@@H](C)C(=O)NC(C)C)S(C)(=O)=O)cc1C. The zero-order valence-corrected chi connectivity index (χ0v) is 22.2. The van der Waals surface area contributed by atoms with Crippen LogP contribution in [0.25, 0.3) is 0 Å². The van der Waals surface area contributed by atoms with E-state index in [4.69, 9.17) is 0 Å². The summed E-state index contributed by atoms with van der Waals surface area (Å²) in [5.41, 5.74) is 2.86. The van der Waals surface area contributed by atoms with Crippen molar-refractivity contribution in [2.75, 3.05) is 17.1 Å². The van der Waals surface area contributed by atoms with Crippen LogP contribution in [-0.4, -0.2) is 50.0 Å². The third-order valence-corrected chi connectivity index (χ3v) is 7.02. The van der Waals surface area contributed by atoms with Crippen molar-refractivity contribution in [3.05, 3.63) is 65.0 Å². The fraction of sp³-hybridized carbons (Fsp3) is 0.462. The molecule has 0 radical (unpaired) electrons. The van der Waals surface area contributed by atoms with Crippen molar-refractivity contribution in [3.8, 4) is 0 Å². The van der Waals surface area contributed by atoms with Crippen LogP contribution in [0.3, 0.4) is 0 Å². The molecular formula is C26H36FN3O4S. The van der Waals surface area contributed by atoms with Crippen molar-refractivity contribution in [2.45, 2.75) is 66.1 Å². The summed E-state index contributed by atoms with van der Waals surface area (Å²) in [4.78, 5) is 27.2. The molecular weight excluding hydrogens is 469 g/mol. The summed E-state index contributed by atoms with van der Waals surface area (Å²) in [7, 11) is -3.57. The zero-order valence-electron chi connectivity index (χ0n) is 21.3. The molecule has 0 aromatic heterocycles. The molecule has 1 N–H and O–H groups in total. The Morgan fingerprint density at radius 2 is 1.69 bits per heavy atom. The molecule has 1 atom stereocenters. The molecule has 0 aliphatic carbocycles. The van der Waals surface area contributed by atoms with Gasteiger partial charge in [-0.05, 0) is 70.4 Å². The van der Waals surface area contributed by atoms with E-state index in [-0.39, 0.29) is 43.8 Å². The monoisotopic (exact) mass is 505 g/mol. The molecule has 0 bridgehead atoms. The van der Waals surface area contributed by atoms with Gasteiger partial charge in [0.15, 0.2) is 0 Å². The molecule has 9 heteroatoms. The van der Waals surface area contributed by atoms with Crippen molar-refractivity contribution in [1.29, 1.82) is 0 Å². The van der Waals surface area contributed by atoms with E-state index < -0.39 is 21.9 Å². The number of carbonyl (C=O) groups excluding carboxylic acids is 2. The molecule has 0 aliphatic heterocycles. The van der Waals surface area contributed by atoms with Crippen molar-refractivity contribution >= 4 is 27.5 Å².